The van der Waals surface area contributed by atoms with E-state index in [9.17, 15) is 4.79 Å². The molecule has 0 aromatic rings. The first-order valence-corrected chi connectivity index (χ1v) is 4.08. The summed E-state index contributed by atoms with van der Waals surface area (Å²) in [4.78, 5) is 10.7. The number of carbonyl (C=O) groups is 1. The summed E-state index contributed by atoms with van der Waals surface area (Å²) in [6, 6.07) is 0. The SMILES string of the molecule is COCC(CC(C)(C)C)C(=O)O. The van der Waals surface area contributed by atoms with Crippen molar-refractivity contribution in [2.24, 2.45) is 11.3 Å². The highest BCUT2D eigenvalue weighted by Gasteiger charge is 2.24. The first-order valence-electron chi connectivity index (χ1n) is 4.08. The van der Waals surface area contributed by atoms with Gasteiger partial charge in [0.1, 0.15) is 0 Å². The van der Waals surface area contributed by atoms with Gasteiger partial charge in [-0.3, -0.25) is 4.79 Å². The molecule has 0 aliphatic heterocycles. The van der Waals surface area contributed by atoms with Gasteiger partial charge < -0.3 is 9.84 Å². The summed E-state index contributed by atoms with van der Waals surface area (Å²) in [5.41, 5.74) is 0.0432. The molecule has 0 amide bonds. The van der Waals surface area contributed by atoms with Crippen LogP contribution in [0.1, 0.15) is 27.2 Å². The van der Waals surface area contributed by atoms with Gasteiger partial charge in [0.2, 0.25) is 0 Å². The van der Waals surface area contributed by atoms with Crippen molar-refractivity contribution in [3.05, 3.63) is 0 Å². The van der Waals surface area contributed by atoms with E-state index in [2.05, 4.69) is 0 Å². The maximum absolute atomic E-state index is 10.7. The van der Waals surface area contributed by atoms with Crippen LogP contribution < -0.4 is 0 Å². The van der Waals surface area contributed by atoms with Crippen LogP contribution in [-0.2, 0) is 9.53 Å². The Morgan fingerprint density at radius 1 is 1.50 bits per heavy atom. The second kappa shape index (κ2) is 4.45. The normalized spacial score (nSPS) is 14.3. The van der Waals surface area contributed by atoms with E-state index >= 15 is 0 Å². The number of carboxylic acids is 1. The minimum atomic E-state index is -0.772. The van der Waals surface area contributed by atoms with Crippen molar-refractivity contribution < 1.29 is 14.6 Å². The molecule has 1 N–H and O–H groups in total. The van der Waals surface area contributed by atoms with Gasteiger partial charge >= 0.3 is 5.97 Å². The maximum atomic E-state index is 10.7. The Balaban J connectivity index is 4.05. The molecule has 1 atom stereocenters. The first kappa shape index (κ1) is 11.4. The van der Waals surface area contributed by atoms with Crippen LogP contribution in [-0.4, -0.2) is 24.8 Å². The summed E-state index contributed by atoms with van der Waals surface area (Å²) < 4.78 is 4.83. The van der Waals surface area contributed by atoms with Crippen LogP contribution in [0, 0.1) is 11.3 Å². The van der Waals surface area contributed by atoms with Gasteiger partial charge in [0.05, 0.1) is 12.5 Å². The van der Waals surface area contributed by atoms with Gasteiger partial charge in [-0.05, 0) is 11.8 Å². The molecule has 3 heteroatoms. The maximum Gasteiger partial charge on any atom is 0.308 e. The third kappa shape index (κ3) is 5.13. The molecule has 0 bridgehead atoms. The Hall–Kier alpha value is -0.570. The average Bonchev–Trinajstić information content (AvgIpc) is 1.83. The summed E-state index contributed by atoms with van der Waals surface area (Å²) in [5, 5.41) is 8.79. The molecular formula is C9H18O3. The highest BCUT2D eigenvalue weighted by molar-refractivity contribution is 5.70. The predicted octanol–water partition coefficient (Wildman–Crippen LogP) is 1.77. The lowest BCUT2D eigenvalue weighted by Crippen LogP contribution is -2.24. The Kier molecular flexibility index (Phi) is 4.24. The number of hydrogen-bond acceptors (Lipinski definition) is 2. The van der Waals surface area contributed by atoms with Gasteiger partial charge in [0.25, 0.3) is 0 Å². The number of carboxylic acid groups (broad SMARTS) is 1. The lowest BCUT2D eigenvalue weighted by atomic mass is 9.85. The van der Waals surface area contributed by atoms with Crippen LogP contribution in [0.15, 0.2) is 0 Å². The Morgan fingerprint density at radius 2 is 2.00 bits per heavy atom. The highest BCUT2D eigenvalue weighted by atomic mass is 16.5. The minimum Gasteiger partial charge on any atom is -0.481 e. The van der Waals surface area contributed by atoms with Crippen molar-refractivity contribution >= 4 is 5.97 Å². The zero-order valence-corrected chi connectivity index (χ0v) is 8.26. The van der Waals surface area contributed by atoms with Crippen LogP contribution in [0.5, 0.6) is 0 Å². The first-order chi connectivity index (χ1) is 5.37. The van der Waals surface area contributed by atoms with Gasteiger partial charge in [-0.2, -0.15) is 0 Å². The topological polar surface area (TPSA) is 46.5 Å². The van der Waals surface area contributed by atoms with Gasteiger partial charge in [-0.25, -0.2) is 0 Å². The van der Waals surface area contributed by atoms with Crippen LogP contribution >= 0.6 is 0 Å². The molecule has 72 valence electrons. The van der Waals surface area contributed by atoms with Crippen LogP contribution in [0.2, 0.25) is 0 Å². The van der Waals surface area contributed by atoms with Crippen molar-refractivity contribution in [2.75, 3.05) is 13.7 Å². The standard InChI is InChI=1S/C9H18O3/c1-9(2,3)5-7(6-12-4)8(10)11/h7H,5-6H2,1-4H3,(H,10,11). The number of methoxy groups -OCH3 is 1. The largest absolute Gasteiger partial charge is 0.481 e. The van der Waals surface area contributed by atoms with E-state index in [0.29, 0.717) is 13.0 Å². The van der Waals surface area contributed by atoms with Crippen molar-refractivity contribution in [3.8, 4) is 0 Å². The van der Waals surface area contributed by atoms with E-state index in [1.807, 2.05) is 20.8 Å². The molecule has 0 saturated heterocycles. The second-order valence-electron chi connectivity index (χ2n) is 4.26. The quantitative estimate of drug-likeness (QED) is 0.706. The molecule has 0 aliphatic rings. The number of rotatable bonds is 4. The van der Waals surface area contributed by atoms with E-state index in [-0.39, 0.29) is 11.3 Å². The molecule has 0 rings (SSSR count). The van der Waals surface area contributed by atoms with Crippen molar-refractivity contribution in [1.82, 2.24) is 0 Å². The number of ether oxygens (including phenoxy) is 1. The molecule has 1 unspecified atom stereocenters. The van der Waals surface area contributed by atoms with Crippen molar-refractivity contribution in [3.63, 3.8) is 0 Å². The van der Waals surface area contributed by atoms with Gasteiger partial charge in [-0.15, -0.1) is 0 Å². The molecule has 0 heterocycles. The molecule has 0 aromatic carbocycles. The van der Waals surface area contributed by atoms with Crippen LogP contribution in [0.25, 0.3) is 0 Å². The number of aliphatic carboxylic acids is 1. The average molecular weight is 174 g/mol. The molecule has 0 fully saturated rings. The zero-order valence-electron chi connectivity index (χ0n) is 8.26. The van der Waals surface area contributed by atoms with E-state index in [1.54, 1.807) is 0 Å². The fraction of sp³-hybridized carbons (Fsp3) is 0.889. The van der Waals surface area contributed by atoms with Gasteiger partial charge in [-0.1, -0.05) is 20.8 Å². The fourth-order valence-electron chi connectivity index (χ4n) is 1.16. The summed E-state index contributed by atoms with van der Waals surface area (Å²) >= 11 is 0. The molecule has 0 saturated carbocycles. The van der Waals surface area contributed by atoms with Crippen LogP contribution in [0.3, 0.4) is 0 Å². The summed E-state index contributed by atoms with van der Waals surface area (Å²) in [6.45, 7) is 6.38. The predicted molar refractivity (Wildman–Crippen MR) is 47.1 cm³/mol. The molecule has 12 heavy (non-hydrogen) atoms. The second-order valence-corrected chi connectivity index (χ2v) is 4.26. The minimum absolute atomic E-state index is 0.0432. The Bertz CT molecular complexity index is 146. The van der Waals surface area contributed by atoms with E-state index in [0.717, 1.165) is 0 Å². The Morgan fingerprint density at radius 3 is 2.25 bits per heavy atom. The number of hydrogen-bond donors (Lipinski definition) is 1. The van der Waals surface area contributed by atoms with Gasteiger partial charge in [0, 0.05) is 7.11 Å². The molecule has 3 nitrogen and oxygen atoms in total. The van der Waals surface area contributed by atoms with Gasteiger partial charge in [0.15, 0.2) is 0 Å². The molecule has 0 aliphatic carbocycles. The lowest BCUT2D eigenvalue weighted by molar-refractivity contribution is -0.144. The van der Waals surface area contributed by atoms with E-state index in [1.165, 1.54) is 7.11 Å². The molecular weight excluding hydrogens is 156 g/mol. The van der Waals surface area contributed by atoms with E-state index < -0.39 is 5.97 Å². The molecule has 0 aromatic heterocycles. The van der Waals surface area contributed by atoms with E-state index in [4.69, 9.17) is 9.84 Å². The Labute approximate surface area is 73.7 Å². The smallest absolute Gasteiger partial charge is 0.308 e. The fourth-order valence-corrected chi connectivity index (χ4v) is 1.16. The van der Waals surface area contributed by atoms with Crippen molar-refractivity contribution in [1.29, 1.82) is 0 Å². The zero-order chi connectivity index (χ0) is 9.78. The van der Waals surface area contributed by atoms with Crippen molar-refractivity contribution in [2.45, 2.75) is 27.2 Å². The molecule has 0 spiro atoms. The third-order valence-electron chi connectivity index (χ3n) is 1.58. The molecule has 0 radical (unpaired) electrons. The van der Waals surface area contributed by atoms with Crippen LogP contribution in [0.4, 0.5) is 0 Å². The highest BCUT2D eigenvalue weighted by Crippen LogP contribution is 2.24. The summed E-state index contributed by atoms with van der Waals surface area (Å²) in [7, 11) is 1.53. The lowest BCUT2D eigenvalue weighted by Gasteiger charge is -2.22. The summed E-state index contributed by atoms with van der Waals surface area (Å²) in [5.74, 6) is -1.15. The third-order valence-corrected chi connectivity index (χ3v) is 1.58. The summed E-state index contributed by atoms with van der Waals surface area (Å²) in [6.07, 6.45) is 0.649. The monoisotopic (exact) mass is 174 g/mol.